The molecule has 0 aromatic heterocycles. The number of esters is 1. The van der Waals surface area contributed by atoms with Gasteiger partial charge in [0.15, 0.2) is 0 Å². The molecule has 0 unspecified atom stereocenters. The summed E-state index contributed by atoms with van der Waals surface area (Å²) in [7, 11) is 0. The van der Waals surface area contributed by atoms with Gasteiger partial charge in [0.2, 0.25) is 0 Å². The number of amides is 2. The molecule has 2 aromatic carbocycles. The second-order valence-electron chi connectivity index (χ2n) is 8.45. The van der Waals surface area contributed by atoms with E-state index in [1.165, 1.54) is 12.1 Å². The van der Waals surface area contributed by atoms with Crippen molar-refractivity contribution in [3.05, 3.63) is 59.7 Å². The zero-order chi connectivity index (χ0) is 26.8. The molecule has 200 valence electrons. The van der Waals surface area contributed by atoms with Gasteiger partial charge in [0.05, 0.1) is 18.6 Å². The monoisotopic (exact) mass is 522 g/mol. The van der Waals surface area contributed by atoms with E-state index in [-0.39, 0.29) is 42.6 Å². The summed E-state index contributed by atoms with van der Waals surface area (Å²) < 4.78 is 51.5. The molecule has 3 rings (SSSR count). The van der Waals surface area contributed by atoms with Gasteiger partial charge in [-0.15, -0.1) is 13.2 Å². The van der Waals surface area contributed by atoms with Gasteiger partial charge in [0, 0.05) is 24.2 Å². The maximum atomic E-state index is 12.4. The molecule has 1 saturated carbocycles. The van der Waals surface area contributed by atoms with Crippen LogP contribution >= 0.6 is 0 Å². The summed E-state index contributed by atoms with van der Waals surface area (Å²) in [6.45, 7) is 2.45. The van der Waals surface area contributed by atoms with Crippen LogP contribution in [-0.4, -0.2) is 49.9 Å². The highest BCUT2D eigenvalue weighted by Gasteiger charge is 2.31. The van der Waals surface area contributed by atoms with Crippen molar-refractivity contribution in [2.45, 2.75) is 45.1 Å². The molecule has 0 bridgehead atoms. The highest BCUT2D eigenvalue weighted by molar-refractivity contribution is 5.95. The van der Waals surface area contributed by atoms with E-state index in [0.717, 1.165) is 37.8 Å². The number of alkyl halides is 3. The van der Waals surface area contributed by atoms with Crippen LogP contribution in [0.3, 0.4) is 0 Å². The lowest BCUT2D eigenvalue weighted by Gasteiger charge is -2.27. The molecule has 37 heavy (non-hydrogen) atoms. The van der Waals surface area contributed by atoms with E-state index in [0.29, 0.717) is 17.9 Å². The van der Waals surface area contributed by atoms with E-state index >= 15 is 0 Å². The first-order valence-electron chi connectivity index (χ1n) is 12.0. The third kappa shape index (κ3) is 9.00. The van der Waals surface area contributed by atoms with Crippen LogP contribution in [-0.2, 0) is 9.53 Å². The molecular formula is C26H29F3N2O6. The van der Waals surface area contributed by atoms with Gasteiger partial charge >= 0.3 is 12.3 Å². The van der Waals surface area contributed by atoms with Gasteiger partial charge in [0.1, 0.15) is 11.5 Å². The fourth-order valence-electron chi connectivity index (χ4n) is 3.92. The number of carbonyl (C=O) groups excluding carboxylic acids is 3. The van der Waals surface area contributed by atoms with Gasteiger partial charge in [-0.05, 0) is 81.1 Å². The third-order valence-electron chi connectivity index (χ3n) is 5.76. The van der Waals surface area contributed by atoms with Gasteiger partial charge in [-0.25, -0.2) is 0 Å². The molecule has 2 aromatic rings. The van der Waals surface area contributed by atoms with Crippen molar-refractivity contribution in [1.29, 1.82) is 0 Å². The van der Waals surface area contributed by atoms with Crippen LogP contribution in [0.5, 0.6) is 11.5 Å². The van der Waals surface area contributed by atoms with Gasteiger partial charge in [-0.3, -0.25) is 14.4 Å². The summed E-state index contributed by atoms with van der Waals surface area (Å²) in [4.78, 5) is 36.3. The lowest BCUT2D eigenvalue weighted by Crippen LogP contribution is -2.34. The number of halogens is 3. The van der Waals surface area contributed by atoms with E-state index in [2.05, 4.69) is 15.4 Å². The molecule has 1 aliphatic carbocycles. The maximum absolute atomic E-state index is 12.4. The molecule has 8 nitrogen and oxygen atoms in total. The molecule has 0 radical (unpaired) electrons. The van der Waals surface area contributed by atoms with Crippen molar-refractivity contribution in [3.8, 4) is 11.5 Å². The molecule has 0 atom stereocenters. The molecule has 1 aliphatic rings. The highest BCUT2D eigenvalue weighted by Crippen LogP contribution is 2.28. The smallest absolute Gasteiger partial charge is 0.490 e. The third-order valence-corrected chi connectivity index (χ3v) is 5.76. The summed E-state index contributed by atoms with van der Waals surface area (Å²) >= 11 is 0. The van der Waals surface area contributed by atoms with Gasteiger partial charge in [-0.2, -0.15) is 0 Å². The average Bonchev–Trinajstić information content (AvgIpc) is 2.87. The Morgan fingerprint density at radius 2 is 1.30 bits per heavy atom. The Bertz CT molecular complexity index is 1050. The Labute approximate surface area is 212 Å². The van der Waals surface area contributed by atoms with Gasteiger partial charge in [-0.1, -0.05) is 0 Å². The summed E-state index contributed by atoms with van der Waals surface area (Å²) in [6, 6.07) is 11.2. The number of rotatable bonds is 10. The van der Waals surface area contributed by atoms with Crippen molar-refractivity contribution in [3.63, 3.8) is 0 Å². The van der Waals surface area contributed by atoms with Crippen molar-refractivity contribution in [2.24, 2.45) is 5.92 Å². The molecule has 0 spiro atoms. The fourth-order valence-corrected chi connectivity index (χ4v) is 3.92. The Balaban J connectivity index is 1.36. The molecule has 0 saturated heterocycles. The minimum Gasteiger partial charge on any atom is -0.490 e. The zero-order valence-electron chi connectivity index (χ0n) is 20.3. The second kappa shape index (κ2) is 13.0. The van der Waals surface area contributed by atoms with E-state index in [1.54, 1.807) is 31.2 Å². The number of carbonyl (C=O) groups is 3. The van der Waals surface area contributed by atoms with E-state index in [9.17, 15) is 27.6 Å². The molecular weight excluding hydrogens is 493 g/mol. The Morgan fingerprint density at radius 1 is 0.811 bits per heavy atom. The van der Waals surface area contributed by atoms with E-state index in [1.807, 2.05) is 0 Å². The minimum absolute atomic E-state index is 0.00216. The first-order chi connectivity index (χ1) is 17.6. The van der Waals surface area contributed by atoms with Crippen molar-refractivity contribution in [1.82, 2.24) is 10.6 Å². The average molecular weight is 523 g/mol. The summed E-state index contributed by atoms with van der Waals surface area (Å²) in [5, 5.41) is 5.26. The molecule has 11 heteroatoms. The van der Waals surface area contributed by atoms with Crippen LogP contribution in [0.15, 0.2) is 48.5 Å². The number of ether oxygens (including phenoxy) is 3. The number of benzene rings is 2. The SMILES string of the molecule is CCOC(=O)C1CCC(Oc2ccc(C(=O)NCCNC(=O)c3ccc(OC(F)(F)F)cc3)cc2)CC1. The van der Waals surface area contributed by atoms with Gasteiger partial charge < -0.3 is 24.8 Å². The molecule has 0 heterocycles. The minimum atomic E-state index is -4.80. The van der Waals surface area contributed by atoms with Crippen LogP contribution in [0.4, 0.5) is 13.2 Å². The molecule has 1 fully saturated rings. The number of hydrogen-bond donors (Lipinski definition) is 2. The van der Waals surface area contributed by atoms with E-state index < -0.39 is 18.0 Å². The fraction of sp³-hybridized carbons (Fsp3) is 0.423. The van der Waals surface area contributed by atoms with Crippen LogP contribution < -0.4 is 20.1 Å². The Hall–Kier alpha value is -3.76. The summed E-state index contributed by atoms with van der Waals surface area (Å²) in [5.41, 5.74) is 0.579. The van der Waals surface area contributed by atoms with E-state index in [4.69, 9.17) is 9.47 Å². The summed E-state index contributed by atoms with van der Waals surface area (Å²) in [6.07, 6.45) is -1.86. The second-order valence-corrected chi connectivity index (χ2v) is 8.45. The quantitative estimate of drug-likeness (QED) is 0.357. The van der Waals surface area contributed by atoms with Crippen molar-refractivity contribution in [2.75, 3.05) is 19.7 Å². The first kappa shape index (κ1) is 27.8. The number of nitrogens with one attached hydrogen (secondary N) is 2. The highest BCUT2D eigenvalue weighted by atomic mass is 19.4. The van der Waals surface area contributed by atoms with Crippen molar-refractivity contribution < 1.29 is 41.8 Å². The molecule has 0 aliphatic heterocycles. The normalized spacial score (nSPS) is 17.4. The maximum Gasteiger partial charge on any atom is 0.573 e. The largest absolute Gasteiger partial charge is 0.573 e. The first-order valence-corrected chi connectivity index (χ1v) is 12.0. The lowest BCUT2D eigenvalue weighted by atomic mass is 9.87. The molecule has 2 amide bonds. The molecule has 2 N–H and O–H groups in total. The van der Waals surface area contributed by atoms with Crippen LogP contribution in [0, 0.1) is 5.92 Å². The zero-order valence-corrected chi connectivity index (χ0v) is 20.3. The van der Waals surface area contributed by atoms with Crippen LogP contribution in [0.25, 0.3) is 0 Å². The topological polar surface area (TPSA) is 103 Å². The Kier molecular flexibility index (Phi) is 9.76. The van der Waals surface area contributed by atoms with Crippen molar-refractivity contribution >= 4 is 17.8 Å². The lowest BCUT2D eigenvalue weighted by molar-refractivity contribution is -0.274. The summed E-state index contributed by atoms with van der Waals surface area (Å²) in [5.74, 6) is -0.835. The van der Waals surface area contributed by atoms with Crippen LogP contribution in [0.2, 0.25) is 0 Å². The predicted octanol–water partition coefficient (Wildman–Crippen LogP) is 4.25. The standard InChI is InChI=1S/C26H29F3N2O6/c1-2-35-25(34)19-7-11-21(12-8-19)36-20-9-3-17(4-10-20)23(32)30-15-16-31-24(33)18-5-13-22(14-6-18)37-26(27,28)29/h3-6,9-10,13-14,19,21H,2,7-8,11-12,15-16H2,1H3,(H,30,32)(H,31,33). The Morgan fingerprint density at radius 3 is 1.76 bits per heavy atom. The van der Waals surface area contributed by atoms with Crippen LogP contribution in [0.1, 0.15) is 53.3 Å². The number of hydrogen-bond acceptors (Lipinski definition) is 6. The predicted molar refractivity (Wildman–Crippen MR) is 127 cm³/mol. The van der Waals surface area contributed by atoms with Gasteiger partial charge in [0.25, 0.3) is 11.8 Å².